The third kappa shape index (κ3) is 5.42. The zero-order valence-corrected chi connectivity index (χ0v) is 17.9. The van der Waals surface area contributed by atoms with Gasteiger partial charge in [-0.05, 0) is 23.6 Å². The zero-order valence-electron chi connectivity index (χ0n) is 17.9. The highest BCUT2D eigenvalue weighted by atomic mass is 16.4. The molecule has 2 atom stereocenters. The van der Waals surface area contributed by atoms with Gasteiger partial charge in [0, 0.05) is 6.42 Å². The molecule has 0 aliphatic carbocycles. The van der Waals surface area contributed by atoms with E-state index < -0.39 is 30.0 Å². The van der Waals surface area contributed by atoms with Crippen LogP contribution in [0.4, 0.5) is 16.2 Å². The predicted octanol–water partition coefficient (Wildman–Crippen LogP) is 1.99. The smallest absolute Gasteiger partial charge is 0.326 e. The van der Waals surface area contributed by atoms with E-state index in [2.05, 4.69) is 16.0 Å². The number of anilines is 2. The van der Waals surface area contributed by atoms with Crippen molar-refractivity contribution in [1.82, 2.24) is 10.6 Å². The Balaban J connectivity index is 1.83. The van der Waals surface area contributed by atoms with E-state index in [1.54, 1.807) is 38.1 Å². The van der Waals surface area contributed by atoms with Crippen LogP contribution >= 0.6 is 0 Å². The first-order valence-corrected chi connectivity index (χ1v) is 10.3. The van der Waals surface area contributed by atoms with Gasteiger partial charge in [-0.2, -0.15) is 0 Å². The molecule has 0 spiro atoms. The van der Waals surface area contributed by atoms with Crippen LogP contribution in [-0.4, -0.2) is 47.5 Å². The number of carboxylic acids is 1. The van der Waals surface area contributed by atoms with Gasteiger partial charge in [0.15, 0.2) is 0 Å². The average molecular weight is 438 g/mol. The van der Waals surface area contributed by atoms with Gasteiger partial charge in [-0.25, -0.2) is 9.59 Å². The second-order valence-corrected chi connectivity index (χ2v) is 7.91. The Kier molecular flexibility index (Phi) is 7.09. The molecule has 1 aliphatic heterocycles. The number of carbonyl (C=O) groups is 4. The van der Waals surface area contributed by atoms with Crippen molar-refractivity contribution in [2.75, 3.05) is 16.8 Å². The molecule has 4 amide bonds. The Morgan fingerprint density at radius 2 is 1.69 bits per heavy atom. The second kappa shape index (κ2) is 9.95. The summed E-state index contributed by atoms with van der Waals surface area (Å²) in [5, 5.41) is 17.3. The summed E-state index contributed by atoms with van der Waals surface area (Å²) in [7, 11) is 0. The first-order chi connectivity index (χ1) is 15.3. The summed E-state index contributed by atoms with van der Waals surface area (Å²) >= 11 is 0. The fraction of sp³-hybridized carbons (Fsp3) is 0.304. The van der Waals surface area contributed by atoms with E-state index in [0.29, 0.717) is 11.4 Å². The standard InChI is InChI=1S/C23H26N4O5/c1-14(2)20(22(30)31)26-21(29)17(12-15-8-4-3-5-9-15)25-23(32)27-13-19(28)24-16-10-6-7-11-18(16)27/h3-11,14,17,20H,12-13H2,1-2H3,(H,24,28)(H,25,32)(H,26,29)(H,30,31)/t17-,20-/m0/s1. The van der Waals surface area contributed by atoms with Gasteiger partial charge in [0.05, 0.1) is 11.4 Å². The Hall–Kier alpha value is -3.88. The van der Waals surface area contributed by atoms with Gasteiger partial charge in [0.25, 0.3) is 0 Å². The molecule has 0 saturated carbocycles. The van der Waals surface area contributed by atoms with E-state index in [9.17, 15) is 24.3 Å². The number of nitrogens with one attached hydrogen (secondary N) is 3. The van der Waals surface area contributed by atoms with Crippen molar-refractivity contribution in [3.8, 4) is 0 Å². The molecule has 1 heterocycles. The highest BCUT2D eigenvalue weighted by Crippen LogP contribution is 2.28. The molecule has 0 unspecified atom stereocenters. The van der Waals surface area contributed by atoms with Crippen molar-refractivity contribution in [2.24, 2.45) is 5.92 Å². The van der Waals surface area contributed by atoms with Crippen molar-refractivity contribution in [3.05, 3.63) is 60.2 Å². The number of rotatable bonds is 7. The highest BCUT2D eigenvalue weighted by molar-refractivity contribution is 6.10. The fourth-order valence-corrected chi connectivity index (χ4v) is 3.47. The van der Waals surface area contributed by atoms with Crippen molar-refractivity contribution in [3.63, 3.8) is 0 Å². The average Bonchev–Trinajstić information content (AvgIpc) is 2.76. The maximum atomic E-state index is 13.1. The van der Waals surface area contributed by atoms with Crippen LogP contribution in [0.1, 0.15) is 19.4 Å². The number of carboxylic acid groups (broad SMARTS) is 1. The lowest BCUT2D eigenvalue weighted by atomic mass is 10.0. The summed E-state index contributed by atoms with van der Waals surface area (Å²) < 4.78 is 0. The van der Waals surface area contributed by atoms with Crippen LogP contribution in [0.3, 0.4) is 0 Å². The van der Waals surface area contributed by atoms with Gasteiger partial charge in [0.1, 0.15) is 18.6 Å². The summed E-state index contributed by atoms with van der Waals surface area (Å²) in [5.74, 6) is -2.46. The van der Waals surface area contributed by atoms with Crippen LogP contribution in [0.25, 0.3) is 0 Å². The van der Waals surface area contributed by atoms with Gasteiger partial charge < -0.3 is 21.1 Å². The first kappa shape index (κ1) is 22.8. The van der Waals surface area contributed by atoms with Crippen LogP contribution in [-0.2, 0) is 20.8 Å². The normalized spacial score (nSPS) is 14.7. The van der Waals surface area contributed by atoms with Crippen LogP contribution in [0.2, 0.25) is 0 Å². The molecule has 2 aromatic carbocycles. The maximum absolute atomic E-state index is 13.1. The fourth-order valence-electron chi connectivity index (χ4n) is 3.47. The lowest BCUT2D eigenvalue weighted by Gasteiger charge is -2.31. The topological polar surface area (TPSA) is 128 Å². The number of carbonyl (C=O) groups excluding carboxylic acids is 3. The molecule has 3 rings (SSSR count). The molecule has 9 nitrogen and oxygen atoms in total. The second-order valence-electron chi connectivity index (χ2n) is 7.91. The number of hydrogen-bond donors (Lipinski definition) is 4. The minimum Gasteiger partial charge on any atom is -0.480 e. The largest absolute Gasteiger partial charge is 0.480 e. The summed E-state index contributed by atoms with van der Waals surface area (Å²) in [4.78, 5) is 51.0. The van der Waals surface area contributed by atoms with E-state index in [-0.39, 0.29) is 24.8 Å². The Morgan fingerprint density at radius 3 is 2.34 bits per heavy atom. The Bertz CT molecular complexity index is 1010. The third-order valence-electron chi connectivity index (χ3n) is 5.14. The summed E-state index contributed by atoms with van der Waals surface area (Å²) in [5.41, 5.74) is 1.80. The minimum atomic E-state index is -1.15. The SMILES string of the molecule is CC(C)[C@H](NC(=O)[C@H](Cc1ccccc1)NC(=O)N1CC(=O)Nc2ccccc21)C(=O)O. The number of fused-ring (bicyclic) bond motifs is 1. The number of benzene rings is 2. The van der Waals surface area contributed by atoms with E-state index in [1.165, 1.54) is 4.90 Å². The molecule has 0 radical (unpaired) electrons. The maximum Gasteiger partial charge on any atom is 0.326 e. The first-order valence-electron chi connectivity index (χ1n) is 10.3. The molecule has 0 saturated heterocycles. The molecular formula is C23H26N4O5. The third-order valence-corrected chi connectivity index (χ3v) is 5.14. The number of aliphatic carboxylic acids is 1. The Labute approximate surface area is 185 Å². The monoisotopic (exact) mass is 438 g/mol. The molecule has 1 aliphatic rings. The quantitative estimate of drug-likeness (QED) is 0.526. The van der Waals surface area contributed by atoms with E-state index in [1.807, 2.05) is 30.3 Å². The van der Waals surface area contributed by atoms with Crippen molar-refractivity contribution in [1.29, 1.82) is 0 Å². The molecular weight excluding hydrogens is 412 g/mol. The van der Waals surface area contributed by atoms with Crippen LogP contribution < -0.4 is 20.9 Å². The van der Waals surface area contributed by atoms with Gasteiger partial charge in [-0.15, -0.1) is 0 Å². The molecule has 0 aromatic heterocycles. The number of nitrogens with zero attached hydrogens (tertiary/aromatic N) is 1. The van der Waals surface area contributed by atoms with Gasteiger partial charge >= 0.3 is 12.0 Å². The molecule has 0 fully saturated rings. The van der Waals surface area contributed by atoms with Crippen molar-refractivity contribution in [2.45, 2.75) is 32.4 Å². The molecule has 2 aromatic rings. The summed E-state index contributed by atoms with van der Waals surface area (Å²) in [6, 6.07) is 13.2. The van der Waals surface area contributed by atoms with Crippen LogP contribution in [0, 0.1) is 5.92 Å². The summed E-state index contributed by atoms with van der Waals surface area (Å²) in [6.45, 7) is 3.17. The lowest BCUT2D eigenvalue weighted by Crippen LogP contribution is -2.57. The van der Waals surface area contributed by atoms with Gasteiger partial charge in [0.2, 0.25) is 11.8 Å². The number of hydrogen-bond acceptors (Lipinski definition) is 4. The molecule has 4 N–H and O–H groups in total. The summed E-state index contributed by atoms with van der Waals surface area (Å²) in [6.07, 6.45) is 0.157. The number of para-hydroxylation sites is 2. The van der Waals surface area contributed by atoms with Crippen molar-refractivity contribution >= 4 is 35.2 Å². The zero-order chi connectivity index (χ0) is 23.3. The van der Waals surface area contributed by atoms with E-state index >= 15 is 0 Å². The lowest BCUT2D eigenvalue weighted by molar-refractivity contribution is -0.143. The van der Waals surface area contributed by atoms with E-state index in [0.717, 1.165) is 5.56 Å². The predicted molar refractivity (Wildman–Crippen MR) is 119 cm³/mol. The number of amides is 4. The van der Waals surface area contributed by atoms with E-state index in [4.69, 9.17) is 0 Å². The van der Waals surface area contributed by atoms with Gasteiger partial charge in [-0.1, -0.05) is 56.3 Å². The Morgan fingerprint density at radius 1 is 1.03 bits per heavy atom. The van der Waals surface area contributed by atoms with Gasteiger partial charge in [-0.3, -0.25) is 14.5 Å². The molecule has 9 heteroatoms. The van der Waals surface area contributed by atoms with Crippen LogP contribution in [0.15, 0.2) is 54.6 Å². The van der Waals surface area contributed by atoms with Crippen LogP contribution in [0.5, 0.6) is 0 Å². The molecule has 168 valence electrons. The number of urea groups is 1. The minimum absolute atomic E-state index is 0.157. The highest BCUT2D eigenvalue weighted by Gasteiger charge is 2.32. The van der Waals surface area contributed by atoms with Crippen molar-refractivity contribution < 1.29 is 24.3 Å². The molecule has 0 bridgehead atoms. The molecule has 32 heavy (non-hydrogen) atoms.